The first-order valence-electron chi connectivity index (χ1n) is 6.46. The normalized spacial score (nSPS) is 28.4. The van der Waals surface area contributed by atoms with Crippen LogP contribution in [-0.4, -0.2) is 49.4 Å². The van der Waals surface area contributed by atoms with Crippen LogP contribution in [0.5, 0.6) is 0 Å². The molecule has 1 aliphatic heterocycles. The van der Waals surface area contributed by atoms with Crippen molar-refractivity contribution in [2.45, 2.75) is 19.8 Å². The highest BCUT2D eigenvalue weighted by atomic mass is 16.2. The van der Waals surface area contributed by atoms with E-state index in [1.165, 1.54) is 6.42 Å². The first-order chi connectivity index (χ1) is 8.18. The Kier molecular flexibility index (Phi) is 3.99. The van der Waals surface area contributed by atoms with Crippen LogP contribution in [0.15, 0.2) is 0 Å². The molecule has 1 aliphatic carbocycles. The van der Waals surface area contributed by atoms with Gasteiger partial charge >= 0.3 is 11.8 Å². The largest absolute Gasteiger partial charge is 0.348 e. The summed E-state index contributed by atoms with van der Waals surface area (Å²) in [6, 6.07) is 0. The van der Waals surface area contributed by atoms with Crippen molar-refractivity contribution in [1.82, 2.24) is 15.5 Å². The highest BCUT2D eigenvalue weighted by molar-refractivity contribution is 6.35. The van der Waals surface area contributed by atoms with Gasteiger partial charge in [0.05, 0.1) is 0 Å². The smallest absolute Gasteiger partial charge is 0.311 e. The second-order valence-corrected chi connectivity index (χ2v) is 5.08. The summed E-state index contributed by atoms with van der Waals surface area (Å²) in [7, 11) is 0. The zero-order valence-corrected chi connectivity index (χ0v) is 10.4. The molecule has 2 atom stereocenters. The van der Waals surface area contributed by atoms with Crippen molar-refractivity contribution in [2.24, 2.45) is 11.8 Å². The highest BCUT2D eigenvalue weighted by Gasteiger charge is 2.33. The molecule has 1 saturated heterocycles. The Morgan fingerprint density at radius 2 is 2.12 bits per heavy atom. The SMILES string of the molecule is CC1CC1CNC(=O)C(=O)N1CCCNCC1. The van der Waals surface area contributed by atoms with Crippen molar-refractivity contribution in [3.8, 4) is 0 Å². The van der Waals surface area contributed by atoms with Gasteiger partial charge in [-0.05, 0) is 31.2 Å². The maximum Gasteiger partial charge on any atom is 0.311 e. The molecular weight excluding hydrogens is 218 g/mol. The van der Waals surface area contributed by atoms with E-state index in [0.29, 0.717) is 31.5 Å². The summed E-state index contributed by atoms with van der Waals surface area (Å²) < 4.78 is 0. The van der Waals surface area contributed by atoms with Crippen LogP contribution >= 0.6 is 0 Å². The molecule has 0 radical (unpaired) electrons. The van der Waals surface area contributed by atoms with Gasteiger partial charge in [-0.1, -0.05) is 6.92 Å². The van der Waals surface area contributed by atoms with E-state index in [-0.39, 0.29) is 5.91 Å². The molecule has 1 heterocycles. The number of amides is 2. The van der Waals surface area contributed by atoms with Crippen LogP contribution in [0.25, 0.3) is 0 Å². The van der Waals surface area contributed by atoms with E-state index >= 15 is 0 Å². The molecule has 0 aromatic heterocycles. The predicted molar refractivity (Wildman–Crippen MR) is 64.3 cm³/mol. The molecule has 0 aromatic carbocycles. The van der Waals surface area contributed by atoms with Crippen LogP contribution in [0.2, 0.25) is 0 Å². The van der Waals surface area contributed by atoms with Crippen LogP contribution in [0.3, 0.4) is 0 Å². The molecule has 0 aromatic rings. The Morgan fingerprint density at radius 1 is 1.35 bits per heavy atom. The summed E-state index contributed by atoms with van der Waals surface area (Å²) in [6.07, 6.45) is 2.08. The third kappa shape index (κ3) is 3.43. The van der Waals surface area contributed by atoms with Gasteiger partial charge in [0.15, 0.2) is 0 Å². The lowest BCUT2D eigenvalue weighted by Gasteiger charge is -2.19. The summed E-state index contributed by atoms with van der Waals surface area (Å²) in [6.45, 7) is 5.83. The molecule has 5 nitrogen and oxygen atoms in total. The van der Waals surface area contributed by atoms with Gasteiger partial charge in [-0.25, -0.2) is 0 Å². The Labute approximate surface area is 102 Å². The lowest BCUT2D eigenvalue weighted by molar-refractivity contribution is -0.145. The fraction of sp³-hybridized carbons (Fsp3) is 0.833. The number of rotatable bonds is 2. The standard InChI is InChI=1S/C12H21N3O2/c1-9-7-10(9)8-14-11(16)12(17)15-5-2-3-13-4-6-15/h9-10,13H,2-8H2,1H3,(H,14,16). The Morgan fingerprint density at radius 3 is 2.82 bits per heavy atom. The number of hydrogen-bond donors (Lipinski definition) is 2. The summed E-state index contributed by atoms with van der Waals surface area (Å²) in [5.74, 6) is 0.471. The minimum Gasteiger partial charge on any atom is -0.348 e. The molecule has 2 N–H and O–H groups in total. The van der Waals surface area contributed by atoms with Crippen LogP contribution < -0.4 is 10.6 Å². The van der Waals surface area contributed by atoms with Crippen molar-refractivity contribution in [2.75, 3.05) is 32.7 Å². The van der Waals surface area contributed by atoms with Crippen molar-refractivity contribution in [3.05, 3.63) is 0 Å². The molecule has 1 saturated carbocycles. The Balaban J connectivity index is 1.74. The maximum absolute atomic E-state index is 11.9. The second kappa shape index (κ2) is 5.49. The summed E-state index contributed by atoms with van der Waals surface area (Å²) in [4.78, 5) is 25.2. The van der Waals surface area contributed by atoms with E-state index in [0.717, 1.165) is 19.5 Å². The van der Waals surface area contributed by atoms with Gasteiger partial charge in [0.25, 0.3) is 0 Å². The summed E-state index contributed by atoms with van der Waals surface area (Å²) in [5.41, 5.74) is 0. The second-order valence-electron chi connectivity index (χ2n) is 5.08. The van der Waals surface area contributed by atoms with Crippen LogP contribution in [0.4, 0.5) is 0 Å². The fourth-order valence-corrected chi connectivity index (χ4v) is 2.18. The van der Waals surface area contributed by atoms with Gasteiger partial charge in [0.2, 0.25) is 0 Å². The average Bonchev–Trinajstić information content (AvgIpc) is 3.07. The lowest BCUT2D eigenvalue weighted by Crippen LogP contribution is -2.44. The monoisotopic (exact) mass is 239 g/mol. The molecule has 0 spiro atoms. The van der Waals surface area contributed by atoms with E-state index in [4.69, 9.17) is 0 Å². The zero-order chi connectivity index (χ0) is 12.3. The summed E-state index contributed by atoms with van der Waals surface area (Å²) >= 11 is 0. The van der Waals surface area contributed by atoms with Crippen molar-refractivity contribution < 1.29 is 9.59 Å². The molecule has 2 unspecified atom stereocenters. The van der Waals surface area contributed by atoms with Gasteiger partial charge < -0.3 is 15.5 Å². The van der Waals surface area contributed by atoms with Gasteiger partial charge in [-0.3, -0.25) is 9.59 Å². The minimum absolute atomic E-state index is 0.373. The van der Waals surface area contributed by atoms with Gasteiger partial charge in [0, 0.05) is 26.2 Å². The Bertz CT molecular complexity index is 298. The van der Waals surface area contributed by atoms with Crippen LogP contribution in [-0.2, 0) is 9.59 Å². The third-order valence-electron chi connectivity index (χ3n) is 3.62. The zero-order valence-electron chi connectivity index (χ0n) is 10.4. The molecule has 2 aliphatic rings. The van der Waals surface area contributed by atoms with E-state index in [9.17, 15) is 9.59 Å². The first-order valence-corrected chi connectivity index (χ1v) is 6.46. The third-order valence-corrected chi connectivity index (χ3v) is 3.62. The quantitative estimate of drug-likeness (QED) is 0.643. The molecule has 2 rings (SSSR count). The average molecular weight is 239 g/mol. The van der Waals surface area contributed by atoms with E-state index in [2.05, 4.69) is 17.6 Å². The van der Waals surface area contributed by atoms with Crippen LogP contribution in [0, 0.1) is 11.8 Å². The van der Waals surface area contributed by atoms with Crippen molar-refractivity contribution in [1.29, 1.82) is 0 Å². The first kappa shape index (κ1) is 12.4. The molecule has 5 heteroatoms. The van der Waals surface area contributed by atoms with E-state index in [1.807, 2.05) is 0 Å². The van der Waals surface area contributed by atoms with Crippen LogP contribution in [0.1, 0.15) is 19.8 Å². The minimum atomic E-state index is -0.439. The van der Waals surface area contributed by atoms with E-state index < -0.39 is 5.91 Å². The van der Waals surface area contributed by atoms with Gasteiger partial charge in [-0.2, -0.15) is 0 Å². The predicted octanol–water partition coefficient (Wildman–Crippen LogP) is -0.419. The fourth-order valence-electron chi connectivity index (χ4n) is 2.18. The Hall–Kier alpha value is -1.10. The van der Waals surface area contributed by atoms with Gasteiger partial charge in [0.1, 0.15) is 0 Å². The molecule has 2 fully saturated rings. The molecule has 2 amide bonds. The van der Waals surface area contributed by atoms with Crippen molar-refractivity contribution >= 4 is 11.8 Å². The van der Waals surface area contributed by atoms with Gasteiger partial charge in [-0.15, -0.1) is 0 Å². The molecule has 17 heavy (non-hydrogen) atoms. The number of nitrogens with zero attached hydrogens (tertiary/aromatic N) is 1. The van der Waals surface area contributed by atoms with Crippen molar-refractivity contribution in [3.63, 3.8) is 0 Å². The lowest BCUT2D eigenvalue weighted by atomic mass is 10.3. The maximum atomic E-state index is 11.9. The summed E-state index contributed by atoms with van der Waals surface area (Å²) in [5, 5.41) is 5.95. The number of nitrogens with one attached hydrogen (secondary N) is 2. The number of hydrogen-bond acceptors (Lipinski definition) is 3. The van der Waals surface area contributed by atoms with E-state index in [1.54, 1.807) is 4.90 Å². The number of carbonyl (C=O) groups is 2. The molecule has 96 valence electrons. The molecular formula is C12H21N3O2. The highest BCUT2D eigenvalue weighted by Crippen LogP contribution is 2.36. The topological polar surface area (TPSA) is 61.4 Å². The number of carbonyl (C=O) groups excluding carboxylic acids is 2. The molecule has 0 bridgehead atoms.